The van der Waals surface area contributed by atoms with Crippen molar-refractivity contribution >= 4 is 5.91 Å². The van der Waals surface area contributed by atoms with Gasteiger partial charge in [0.15, 0.2) is 0 Å². The Morgan fingerprint density at radius 2 is 1.95 bits per heavy atom. The molecular formula is C15H22N2O2. The molecule has 0 bridgehead atoms. The maximum Gasteiger partial charge on any atom is 0.236 e. The highest BCUT2D eigenvalue weighted by atomic mass is 16.5. The summed E-state index contributed by atoms with van der Waals surface area (Å²) in [5.74, 6) is 0.155. The molecule has 4 nitrogen and oxygen atoms in total. The summed E-state index contributed by atoms with van der Waals surface area (Å²) in [4.78, 5) is 13.9. The van der Waals surface area contributed by atoms with Gasteiger partial charge >= 0.3 is 0 Å². The van der Waals surface area contributed by atoms with Gasteiger partial charge in [0.05, 0.1) is 19.8 Å². The summed E-state index contributed by atoms with van der Waals surface area (Å²) >= 11 is 0. The molecule has 0 radical (unpaired) electrons. The van der Waals surface area contributed by atoms with E-state index in [-0.39, 0.29) is 11.9 Å². The van der Waals surface area contributed by atoms with Crippen LogP contribution in [0.2, 0.25) is 0 Å². The highest BCUT2D eigenvalue weighted by Gasteiger charge is 2.17. The molecule has 2 rings (SSSR count). The molecule has 0 saturated carbocycles. The van der Waals surface area contributed by atoms with E-state index in [4.69, 9.17) is 4.74 Å². The van der Waals surface area contributed by atoms with Gasteiger partial charge < -0.3 is 15.0 Å². The molecule has 1 aromatic carbocycles. The molecule has 1 atom stereocenters. The van der Waals surface area contributed by atoms with E-state index in [1.165, 1.54) is 11.1 Å². The average Bonchev–Trinajstić information content (AvgIpc) is 2.46. The Bertz CT molecular complexity index is 411. The predicted molar refractivity (Wildman–Crippen MR) is 75.0 cm³/mol. The molecule has 0 unspecified atom stereocenters. The Morgan fingerprint density at radius 1 is 1.32 bits per heavy atom. The molecule has 1 heterocycles. The summed E-state index contributed by atoms with van der Waals surface area (Å²) in [5.41, 5.74) is 2.46. The van der Waals surface area contributed by atoms with Crippen LogP contribution in [-0.4, -0.2) is 43.7 Å². The van der Waals surface area contributed by atoms with Crippen molar-refractivity contribution in [1.82, 2.24) is 10.2 Å². The van der Waals surface area contributed by atoms with Crippen LogP contribution in [0, 0.1) is 6.92 Å². The molecule has 0 aliphatic carbocycles. The number of amides is 1. The topological polar surface area (TPSA) is 41.6 Å². The number of benzene rings is 1. The molecule has 1 fully saturated rings. The Hall–Kier alpha value is -1.39. The van der Waals surface area contributed by atoms with Gasteiger partial charge in [-0.2, -0.15) is 0 Å². The van der Waals surface area contributed by atoms with Gasteiger partial charge in [-0.15, -0.1) is 0 Å². The number of carbonyl (C=O) groups is 1. The van der Waals surface area contributed by atoms with E-state index < -0.39 is 0 Å². The van der Waals surface area contributed by atoms with Crippen LogP contribution < -0.4 is 5.32 Å². The molecule has 1 aromatic rings. The Morgan fingerprint density at radius 3 is 2.58 bits per heavy atom. The summed E-state index contributed by atoms with van der Waals surface area (Å²) in [7, 11) is 0. The lowest BCUT2D eigenvalue weighted by Crippen LogP contribution is -2.45. The molecule has 1 aliphatic rings. The first-order valence-corrected chi connectivity index (χ1v) is 6.82. The van der Waals surface area contributed by atoms with Gasteiger partial charge in [0.1, 0.15) is 0 Å². The normalized spacial score (nSPS) is 17.3. The number of rotatable bonds is 4. The van der Waals surface area contributed by atoms with Gasteiger partial charge in [-0.25, -0.2) is 0 Å². The summed E-state index contributed by atoms with van der Waals surface area (Å²) in [6.07, 6.45) is 0. The predicted octanol–water partition coefficient (Wildman–Crippen LogP) is 1.50. The second-order valence-electron chi connectivity index (χ2n) is 5.01. The summed E-state index contributed by atoms with van der Waals surface area (Å²) in [6.45, 7) is 7.26. The van der Waals surface area contributed by atoms with Crippen molar-refractivity contribution in [3.05, 3.63) is 35.4 Å². The molecule has 0 aromatic heterocycles. The fourth-order valence-electron chi connectivity index (χ4n) is 2.14. The van der Waals surface area contributed by atoms with Gasteiger partial charge in [-0.1, -0.05) is 29.8 Å². The zero-order valence-electron chi connectivity index (χ0n) is 11.7. The lowest BCUT2D eigenvalue weighted by molar-refractivity contribution is -0.134. The summed E-state index contributed by atoms with van der Waals surface area (Å²) in [6, 6.07) is 8.58. The Kier molecular flexibility index (Phi) is 4.93. The van der Waals surface area contributed by atoms with Gasteiger partial charge in [0.2, 0.25) is 5.91 Å². The fraction of sp³-hybridized carbons (Fsp3) is 0.533. The van der Waals surface area contributed by atoms with Gasteiger partial charge in [0, 0.05) is 19.1 Å². The minimum absolute atomic E-state index is 0.155. The van der Waals surface area contributed by atoms with Crippen molar-refractivity contribution in [2.45, 2.75) is 19.9 Å². The zero-order chi connectivity index (χ0) is 13.7. The average molecular weight is 262 g/mol. The van der Waals surface area contributed by atoms with Crippen molar-refractivity contribution in [1.29, 1.82) is 0 Å². The third-order valence-corrected chi connectivity index (χ3v) is 3.50. The summed E-state index contributed by atoms with van der Waals surface area (Å²) < 4.78 is 5.24. The van der Waals surface area contributed by atoms with E-state index >= 15 is 0 Å². The van der Waals surface area contributed by atoms with Gasteiger partial charge in [0.25, 0.3) is 0 Å². The molecule has 1 N–H and O–H groups in total. The van der Waals surface area contributed by atoms with E-state index in [0.717, 1.165) is 0 Å². The highest BCUT2D eigenvalue weighted by Crippen LogP contribution is 2.12. The fourth-order valence-corrected chi connectivity index (χ4v) is 2.14. The van der Waals surface area contributed by atoms with Crippen molar-refractivity contribution < 1.29 is 9.53 Å². The first-order chi connectivity index (χ1) is 9.16. The number of nitrogens with one attached hydrogen (secondary N) is 1. The lowest BCUT2D eigenvalue weighted by Gasteiger charge is -2.27. The molecule has 1 amide bonds. The minimum atomic E-state index is 0.155. The van der Waals surface area contributed by atoms with Crippen LogP contribution in [0.25, 0.3) is 0 Å². The first-order valence-electron chi connectivity index (χ1n) is 6.82. The number of nitrogens with zero attached hydrogens (tertiary/aromatic N) is 1. The lowest BCUT2D eigenvalue weighted by atomic mass is 10.1. The van der Waals surface area contributed by atoms with E-state index in [9.17, 15) is 4.79 Å². The van der Waals surface area contributed by atoms with Crippen LogP contribution in [0.1, 0.15) is 24.1 Å². The second-order valence-corrected chi connectivity index (χ2v) is 5.01. The number of carbonyl (C=O) groups excluding carboxylic acids is 1. The van der Waals surface area contributed by atoms with Crippen molar-refractivity contribution in [2.75, 3.05) is 32.8 Å². The largest absolute Gasteiger partial charge is 0.378 e. The number of ether oxygens (including phenoxy) is 1. The van der Waals surface area contributed by atoms with E-state index in [0.29, 0.717) is 32.8 Å². The molecule has 1 aliphatic heterocycles. The van der Waals surface area contributed by atoms with Crippen LogP contribution in [0.4, 0.5) is 0 Å². The van der Waals surface area contributed by atoms with Crippen molar-refractivity contribution in [3.63, 3.8) is 0 Å². The highest BCUT2D eigenvalue weighted by molar-refractivity contribution is 5.78. The Balaban J connectivity index is 1.80. The van der Waals surface area contributed by atoms with Crippen LogP contribution >= 0.6 is 0 Å². The van der Waals surface area contributed by atoms with Crippen LogP contribution in [0.3, 0.4) is 0 Å². The van der Waals surface area contributed by atoms with Gasteiger partial charge in [-0.3, -0.25) is 4.79 Å². The van der Waals surface area contributed by atoms with Crippen LogP contribution in [0.5, 0.6) is 0 Å². The quantitative estimate of drug-likeness (QED) is 0.894. The number of morpholine rings is 1. The molecule has 104 valence electrons. The molecule has 19 heavy (non-hydrogen) atoms. The molecule has 4 heteroatoms. The summed E-state index contributed by atoms with van der Waals surface area (Å²) in [5, 5.41) is 3.28. The van der Waals surface area contributed by atoms with E-state index in [1.807, 2.05) is 4.90 Å². The Labute approximate surface area is 114 Å². The second kappa shape index (κ2) is 6.68. The SMILES string of the molecule is Cc1ccc([C@H](C)NCC(=O)N2CCOCC2)cc1. The third kappa shape index (κ3) is 4.04. The monoisotopic (exact) mass is 262 g/mol. The minimum Gasteiger partial charge on any atom is -0.378 e. The standard InChI is InChI=1S/C15H22N2O2/c1-12-3-5-14(6-4-12)13(2)16-11-15(18)17-7-9-19-10-8-17/h3-6,13,16H,7-11H2,1-2H3/t13-/m0/s1. The third-order valence-electron chi connectivity index (χ3n) is 3.50. The number of hydrogen-bond acceptors (Lipinski definition) is 3. The maximum atomic E-state index is 12.0. The van der Waals surface area contributed by atoms with Crippen LogP contribution in [0.15, 0.2) is 24.3 Å². The van der Waals surface area contributed by atoms with Crippen molar-refractivity contribution in [2.24, 2.45) is 0 Å². The first kappa shape index (κ1) is 14.0. The van der Waals surface area contributed by atoms with E-state index in [1.54, 1.807) is 0 Å². The van der Waals surface area contributed by atoms with E-state index in [2.05, 4.69) is 43.4 Å². The maximum absolute atomic E-state index is 12.0. The smallest absolute Gasteiger partial charge is 0.236 e. The molecule has 0 spiro atoms. The number of aryl methyl sites for hydroxylation is 1. The molecule has 1 saturated heterocycles. The van der Waals surface area contributed by atoms with Crippen LogP contribution in [-0.2, 0) is 9.53 Å². The zero-order valence-corrected chi connectivity index (χ0v) is 11.7. The van der Waals surface area contributed by atoms with Gasteiger partial charge in [-0.05, 0) is 19.4 Å². The number of hydrogen-bond donors (Lipinski definition) is 1. The van der Waals surface area contributed by atoms with Crippen molar-refractivity contribution in [3.8, 4) is 0 Å². The molecular weight excluding hydrogens is 240 g/mol.